The number of morpholine rings is 1. The van der Waals surface area contributed by atoms with Gasteiger partial charge in [0.2, 0.25) is 6.79 Å². The van der Waals surface area contributed by atoms with Gasteiger partial charge in [-0.2, -0.15) is 5.10 Å². The molecule has 6 nitrogen and oxygen atoms in total. The van der Waals surface area contributed by atoms with Gasteiger partial charge in [0.25, 0.3) is 0 Å². The highest BCUT2D eigenvalue weighted by Gasteiger charge is 2.13. The Bertz CT molecular complexity index is 530. The molecule has 0 radical (unpaired) electrons. The fraction of sp³-hybridized carbons (Fsp3) is 0.385. The lowest BCUT2D eigenvalue weighted by atomic mass is 10.2. The third-order valence-electron chi connectivity index (χ3n) is 3.07. The molecule has 0 atom stereocenters. The zero-order valence-electron chi connectivity index (χ0n) is 10.9. The summed E-state index contributed by atoms with van der Waals surface area (Å²) in [4.78, 5) is 2.04. The van der Waals surface area contributed by atoms with Crippen molar-refractivity contribution in [1.29, 1.82) is 0 Å². The van der Waals surface area contributed by atoms with Crippen LogP contribution in [0.15, 0.2) is 23.3 Å². The number of thiocarbonyl (C=S) groups is 1. The summed E-state index contributed by atoms with van der Waals surface area (Å²) in [5, 5.41) is 4.76. The van der Waals surface area contributed by atoms with Gasteiger partial charge in [-0.15, -0.1) is 0 Å². The molecular formula is C13H15N3O3S. The summed E-state index contributed by atoms with van der Waals surface area (Å²) in [6.07, 6.45) is 1.70. The third kappa shape index (κ3) is 3.00. The van der Waals surface area contributed by atoms with Crippen molar-refractivity contribution in [1.82, 2.24) is 10.3 Å². The van der Waals surface area contributed by atoms with Gasteiger partial charge >= 0.3 is 0 Å². The Balaban J connectivity index is 1.56. The molecule has 3 rings (SSSR count). The Morgan fingerprint density at radius 2 is 2.05 bits per heavy atom. The number of hydrazone groups is 1. The van der Waals surface area contributed by atoms with Crippen LogP contribution in [0.3, 0.4) is 0 Å². The molecule has 0 aromatic heterocycles. The van der Waals surface area contributed by atoms with Crippen molar-refractivity contribution in [2.75, 3.05) is 33.1 Å². The standard InChI is InChI=1S/C13H15N3O3S/c20-13(16-3-5-17-6-4-16)15-14-8-10-1-2-11-12(7-10)19-9-18-11/h1-2,7-8H,3-6,9H2,(H,15,20)/b14-8-. The first-order valence-electron chi connectivity index (χ1n) is 6.38. The summed E-state index contributed by atoms with van der Waals surface area (Å²) in [5.74, 6) is 1.50. The normalized spacial score (nSPS) is 17.5. The first-order valence-corrected chi connectivity index (χ1v) is 6.79. The van der Waals surface area contributed by atoms with E-state index in [0.29, 0.717) is 18.3 Å². The molecular weight excluding hydrogens is 278 g/mol. The van der Waals surface area contributed by atoms with Crippen LogP contribution < -0.4 is 14.9 Å². The van der Waals surface area contributed by atoms with Gasteiger partial charge in [-0.05, 0) is 36.0 Å². The van der Waals surface area contributed by atoms with E-state index in [-0.39, 0.29) is 6.79 Å². The van der Waals surface area contributed by atoms with E-state index in [1.165, 1.54) is 0 Å². The lowest BCUT2D eigenvalue weighted by Crippen LogP contribution is -2.44. The topological polar surface area (TPSA) is 55.3 Å². The Morgan fingerprint density at radius 3 is 2.90 bits per heavy atom. The molecule has 2 heterocycles. The SMILES string of the molecule is S=C(N/N=C\c1ccc2c(c1)OCO2)N1CCOCC1. The van der Waals surface area contributed by atoms with E-state index in [0.717, 1.165) is 30.2 Å². The monoisotopic (exact) mass is 293 g/mol. The molecule has 0 aliphatic carbocycles. The van der Waals surface area contributed by atoms with E-state index in [9.17, 15) is 0 Å². The lowest BCUT2D eigenvalue weighted by molar-refractivity contribution is 0.0677. The van der Waals surface area contributed by atoms with Crippen LogP contribution in [0, 0.1) is 0 Å². The van der Waals surface area contributed by atoms with Gasteiger partial charge in [0.15, 0.2) is 16.6 Å². The number of nitrogens with one attached hydrogen (secondary N) is 1. The van der Waals surface area contributed by atoms with E-state index >= 15 is 0 Å². The minimum atomic E-state index is 0.273. The summed E-state index contributed by atoms with van der Waals surface area (Å²) >= 11 is 5.27. The van der Waals surface area contributed by atoms with Crippen LogP contribution in [-0.2, 0) is 4.74 Å². The van der Waals surface area contributed by atoms with Crippen molar-refractivity contribution >= 4 is 23.5 Å². The number of nitrogens with zero attached hydrogens (tertiary/aromatic N) is 2. The van der Waals surface area contributed by atoms with Crippen molar-refractivity contribution < 1.29 is 14.2 Å². The second-order valence-corrected chi connectivity index (χ2v) is 4.77. The molecule has 0 unspecified atom stereocenters. The van der Waals surface area contributed by atoms with Gasteiger partial charge < -0.3 is 19.1 Å². The van der Waals surface area contributed by atoms with Gasteiger partial charge in [-0.3, -0.25) is 5.43 Å². The maximum absolute atomic E-state index is 5.31. The van der Waals surface area contributed by atoms with Crippen LogP contribution >= 0.6 is 12.2 Å². The van der Waals surface area contributed by atoms with Crippen LogP contribution in [0.5, 0.6) is 11.5 Å². The van der Waals surface area contributed by atoms with E-state index in [4.69, 9.17) is 26.4 Å². The fourth-order valence-electron chi connectivity index (χ4n) is 1.99. The average Bonchev–Trinajstić information content (AvgIpc) is 2.95. The zero-order valence-corrected chi connectivity index (χ0v) is 11.7. The van der Waals surface area contributed by atoms with E-state index in [1.807, 2.05) is 23.1 Å². The van der Waals surface area contributed by atoms with Gasteiger partial charge in [0, 0.05) is 13.1 Å². The highest BCUT2D eigenvalue weighted by molar-refractivity contribution is 7.80. The predicted octanol–water partition coefficient (Wildman–Crippen LogP) is 0.956. The van der Waals surface area contributed by atoms with Crippen molar-refractivity contribution in [2.45, 2.75) is 0 Å². The predicted molar refractivity (Wildman–Crippen MR) is 78.3 cm³/mol. The van der Waals surface area contributed by atoms with Gasteiger partial charge in [-0.1, -0.05) is 0 Å². The molecule has 0 bridgehead atoms. The number of hydrogen-bond donors (Lipinski definition) is 1. The smallest absolute Gasteiger partial charge is 0.231 e. The molecule has 0 saturated carbocycles. The second-order valence-electron chi connectivity index (χ2n) is 4.39. The van der Waals surface area contributed by atoms with Crippen molar-refractivity contribution in [3.8, 4) is 11.5 Å². The summed E-state index contributed by atoms with van der Waals surface area (Å²) < 4.78 is 15.8. The van der Waals surface area contributed by atoms with Crippen LogP contribution in [0.2, 0.25) is 0 Å². The van der Waals surface area contributed by atoms with Crippen LogP contribution in [0.25, 0.3) is 0 Å². The number of ether oxygens (including phenoxy) is 3. The zero-order chi connectivity index (χ0) is 13.8. The molecule has 0 spiro atoms. The molecule has 1 aromatic rings. The van der Waals surface area contributed by atoms with Crippen molar-refractivity contribution in [3.05, 3.63) is 23.8 Å². The molecule has 0 amide bonds. The number of fused-ring (bicyclic) bond motifs is 1. The van der Waals surface area contributed by atoms with Gasteiger partial charge in [0.1, 0.15) is 0 Å². The molecule has 20 heavy (non-hydrogen) atoms. The van der Waals surface area contributed by atoms with Gasteiger partial charge in [0.05, 0.1) is 19.4 Å². The van der Waals surface area contributed by atoms with Crippen LogP contribution in [0.1, 0.15) is 5.56 Å². The molecule has 2 aliphatic heterocycles. The highest BCUT2D eigenvalue weighted by atomic mass is 32.1. The van der Waals surface area contributed by atoms with Crippen molar-refractivity contribution in [2.24, 2.45) is 5.10 Å². The molecule has 1 fully saturated rings. The average molecular weight is 293 g/mol. The summed E-state index contributed by atoms with van der Waals surface area (Å²) in [6, 6.07) is 5.66. The Morgan fingerprint density at radius 1 is 1.25 bits per heavy atom. The maximum atomic E-state index is 5.31. The van der Waals surface area contributed by atoms with E-state index < -0.39 is 0 Å². The molecule has 106 valence electrons. The third-order valence-corrected chi connectivity index (χ3v) is 3.42. The minimum absolute atomic E-state index is 0.273. The second kappa shape index (κ2) is 6.06. The number of benzene rings is 1. The number of rotatable bonds is 2. The van der Waals surface area contributed by atoms with E-state index in [2.05, 4.69) is 10.5 Å². The van der Waals surface area contributed by atoms with Gasteiger partial charge in [-0.25, -0.2) is 0 Å². The first kappa shape index (κ1) is 13.1. The largest absolute Gasteiger partial charge is 0.454 e. The Hall–Kier alpha value is -1.86. The first-order chi connectivity index (χ1) is 9.83. The van der Waals surface area contributed by atoms with E-state index in [1.54, 1.807) is 6.21 Å². The molecule has 2 aliphatic rings. The summed E-state index contributed by atoms with van der Waals surface area (Å²) in [5.41, 5.74) is 3.79. The Labute approximate surface area is 122 Å². The fourth-order valence-corrected chi connectivity index (χ4v) is 2.23. The molecule has 1 saturated heterocycles. The Kier molecular flexibility index (Phi) is 3.98. The minimum Gasteiger partial charge on any atom is -0.454 e. The lowest BCUT2D eigenvalue weighted by Gasteiger charge is -2.28. The summed E-state index contributed by atoms with van der Waals surface area (Å²) in [7, 11) is 0. The summed E-state index contributed by atoms with van der Waals surface area (Å²) in [6.45, 7) is 3.27. The molecule has 7 heteroatoms. The quantitative estimate of drug-likeness (QED) is 0.498. The van der Waals surface area contributed by atoms with Crippen LogP contribution in [0.4, 0.5) is 0 Å². The van der Waals surface area contributed by atoms with Crippen molar-refractivity contribution in [3.63, 3.8) is 0 Å². The highest BCUT2D eigenvalue weighted by Crippen LogP contribution is 2.31. The number of hydrogen-bond acceptors (Lipinski definition) is 5. The van der Waals surface area contributed by atoms with Crippen LogP contribution in [-0.4, -0.2) is 49.3 Å². The maximum Gasteiger partial charge on any atom is 0.231 e. The molecule has 1 N–H and O–H groups in total. The molecule has 1 aromatic carbocycles.